The molecular weight excluding hydrogens is 601 g/mol. The van der Waals surface area contributed by atoms with Crippen LogP contribution in [-0.4, -0.2) is 49.2 Å². The Morgan fingerprint density at radius 3 is 0.833 bits per heavy atom. The first kappa shape index (κ1) is 42.9. The van der Waals surface area contributed by atoms with Gasteiger partial charge >= 0.3 is 8.80 Å². The van der Waals surface area contributed by atoms with E-state index in [0.717, 1.165) is 6.04 Å². The van der Waals surface area contributed by atoms with E-state index in [-0.39, 0.29) is 0 Å². The summed E-state index contributed by atoms with van der Waals surface area (Å²) in [4.78, 5) is 0. The molecule has 0 saturated heterocycles. The van der Waals surface area contributed by atoms with Crippen molar-refractivity contribution in [3.8, 4) is 0 Å². The third-order valence-corrected chi connectivity index (χ3v) is 35.1. The lowest BCUT2D eigenvalue weighted by molar-refractivity contribution is 0.237. The molecule has 0 spiro atoms. The van der Waals surface area contributed by atoms with E-state index in [9.17, 15) is 0 Å². The third kappa shape index (κ3) is 15.0. The second-order valence-corrected chi connectivity index (χ2v) is 35.9. The Morgan fingerprint density at radius 2 is 0.595 bits per heavy atom. The molecule has 0 aliphatic carbocycles. The molecule has 0 aliphatic heterocycles. The molecule has 254 valence electrons. The minimum absolute atomic E-state index is 1.05. The molecule has 42 heavy (non-hydrogen) atoms. The fraction of sp³-hybridized carbons (Fsp3) is 1.00. The highest BCUT2D eigenvalue weighted by atomic mass is 28.5. The molecule has 0 N–H and O–H groups in total. The molecule has 0 fully saturated rings. The maximum Gasteiger partial charge on any atom is 0.469 e. The van der Waals surface area contributed by atoms with Crippen molar-refractivity contribution in [2.24, 2.45) is 0 Å². The van der Waals surface area contributed by atoms with Crippen molar-refractivity contribution < 1.29 is 16.8 Å². The zero-order valence-corrected chi connectivity index (χ0v) is 36.0. The van der Waals surface area contributed by atoms with Crippen LogP contribution in [0, 0.1) is 0 Å². The highest BCUT2D eigenvalue weighted by molar-refractivity contribution is 6.92. The van der Waals surface area contributed by atoms with Gasteiger partial charge in [-0.15, -0.1) is 0 Å². The van der Waals surface area contributed by atoms with E-state index in [0.29, 0.717) is 0 Å². The monoisotopic (exact) mass is 678 g/mol. The molecule has 0 atom stereocenters. The zero-order valence-electron chi connectivity index (χ0n) is 31.0. The van der Waals surface area contributed by atoms with Gasteiger partial charge in [0.05, 0.1) is 0 Å². The summed E-state index contributed by atoms with van der Waals surface area (Å²) in [6.07, 6.45) is 13.5. The molecule has 0 saturated carbocycles. The Labute approximate surface area is 271 Å². The van der Waals surface area contributed by atoms with Crippen LogP contribution in [0.4, 0.5) is 0 Å². The Kier molecular flexibility index (Phi) is 22.9. The normalized spacial score (nSPS) is 13.7. The summed E-state index contributed by atoms with van der Waals surface area (Å²) >= 11 is 0. The molecule has 9 heteroatoms. The number of unbranched alkanes of at least 4 members (excludes halogenated alkanes) is 9. The van der Waals surface area contributed by atoms with Gasteiger partial charge in [0, 0.05) is 13.2 Å². The minimum atomic E-state index is -2.82. The Bertz CT molecular complexity index is 572. The van der Waals surface area contributed by atoms with Gasteiger partial charge < -0.3 is 16.8 Å². The van der Waals surface area contributed by atoms with Crippen molar-refractivity contribution in [1.29, 1.82) is 0 Å². The molecule has 0 unspecified atom stereocenters. The zero-order chi connectivity index (χ0) is 32.2. The maximum atomic E-state index is 7.61. The van der Waals surface area contributed by atoms with E-state index in [1.807, 2.05) is 7.11 Å². The van der Waals surface area contributed by atoms with E-state index in [4.69, 9.17) is 16.8 Å². The van der Waals surface area contributed by atoms with E-state index in [2.05, 4.69) is 75.4 Å². The van der Waals surface area contributed by atoms with Crippen molar-refractivity contribution in [2.75, 3.05) is 7.11 Å². The van der Waals surface area contributed by atoms with E-state index in [1.54, 1.807) is 0 Å². The van der Waals surface area contributed by atoms with Crippen LogP contribution >= 0.6 is 0 Å². The average Bonchev–Trinajstić information content (AvgIpc) is 3.02. The quantitative estimate of drug-likeness (QED) is 0.0583. The summed E-state index contributed by atoms with van der Waals surface area (Å²) < 4.78 is 28.5. The fourth-order valence-electron chi connectivity index (χ4n) is 6.51. The Balaban J connectivity index is 5.45. The van der Waals surface area contributed by atoms with Gasteiger partial charge in [-0.25, -0.2) is 0 Å². The Hall–Kier alpha value is 0.924. The summed E-state index contributed by atoms with van der Waals surface area (Å²) in [5.74, 6) is 0. The molecular formula is C33H78O4Si5. The SMILES string of the molecule is CC[Si](CC)(CC)O[Si](CCCCCCCCCCCC[Si](C)(C)OC)(O[Si](CC)(CC)CC)O[Si](CC)(CC)CC. The van der Waals surface area contributed by atoms with Crippen LogP contribution in [0.25, 0.3) is 0 Å². The molecule has 0 aromatic heterocycles. The highest BCUT2D eigenvalue weighted by Gasteiger charge is 2.54. The van der Waals surface area contributed by atoms with E-state index < -0.39 is 42.1 Å². The lowest BCUT2D eigenvalue weighted by Gasteiger charge is -2.48. The number of hydrogen-bond acceptors (Lipinski definition) is 4. The van der Waals surface area contributed by atoms with Gasteiger partial charge in [-0.3, -0.25) is 0 Å². The predicted octanol–water partition coefficient (Wildman–Crippen LogP) is 12.7. The molecule has 0 rings (SSSR count). The predicted molar refractivity (Wildman–Crippen MR) is 201 cm³/mol. The van der Waals surface area contributed by atoms with Crippen molar-refractivity contribution in [3.63, 3.8) is 0 Å². The van der Waals surface area contributed by atoms with Crippen LogP contribution in [0.5, 0.6) is 0 Å². The van der Waals surface area contributed by atoms with Gasteiger partial charge in [0.25, 0.3) is 0 Å². The Morgan fingerprint density at radius 1 is 0.357 bits per heavy atom. The highest BCUT2D eigenvalue weighted by Crippen LogP contribution is 2.39. The van der Waals surface area contributed by atoms with E-state index in [1.165, 1.54) is 125 Å². The molecule has 0 heterocycles. The van der Waals surface area contributed by atoms with Crippen LogP contribution in [0.2, 0.25) is 79.6 Å². The van der Waals surface area contributed by atoms with Crippen molar-refractivity contribution in [1.82, 2.24) is 0 Å². The maximum absolute atomic E-state index is 7.61. The molecule has 0 aliphatic rings. The molecule has 0 bridgehead atoms. The first-order chi connectivity index (χ1) is 19.9. The lowest BCUT2D eigenvalue weighted by Crippen LogP contribution is -2.64. The number of hydrogen-bond donors (Lipinski definition) is 0. The standard InChI is InChI=1S/C33H78O4Si5/c1-13-39(14-2,15-3)35-42(36-40(16-4,17-5)18-6,37-41(19-7,20-8)21-9)33-31-29-27-25-23-22-24-26-28-30-32-38(11,12)34-10/h13-33H2,1-12H3. The van der Waals surface area contributed by atoms with Crippen molar-refractivity contribution >= 4 is 42.1 Å². The van der Waals surface area contributed by atoms with Crippen LogP contribution in [0.1, 0.15) is 127 Å². The van der Waals surface area contributed by atoms with Crippen LogP contribution in [0.3, 0.4) is 0 Å². The van der Waals surface area contributed by atoms with Gasteiger partial charge in [0.1, 0.15) is 0 Å². The second-order valence-electron chi connectivity index (χ2n) is 13.7. The van der Waals surface area contributed by atoms with Crippen molar-refractivity contribution in [2.45, 2.75) is 206 Å². The molecule has 0 aromatic rings. The third-order valence-electron chi connectivity index (χ3n) is 11.0. The first-order valence-electron chi connectivity index (χ1n) is 18.6. The summed E-state index contributed by atoms with van der Waals surface area (Å²) in [6, 6.07) is 12.9. The van der Waals surface area contributed by atoms with Gasteiger partial charge in [0.15, 0.2) is 33.3 Å². The summed E-state index contributed by atoms with van der Waals surface area (Å²) in [5.41, 5.74) is 0. The average molecular weight is 679 g/mol. The summed E-state index contributed by atoms with van der Waals surface area (Å²) in [5, 5.41) is 0. The van der Waals surface area contributed by atoms with Crippen molar-refractivity contribution in [3.05, 3.63) is 0 Å². The van der Waals surface area contributed by atoms with Crippen LogP contribution in [0.15, 0.2) is 0 Å². The number of rotatable bonds is 29. The summed E-state index contributed by atoms with van der Waals surface area (Å²) in [6.45, 7) is 26.0. The first-order valence-corrected chi connectivity index (χ1v) is 31.2. The molecule has 0 amide bonds. The van der Waals surface area contributed by atoms with E-state index >= 15 is 0 Å². The minimum Gasteiger partial charge on any atom is -0.420 e. The molecule has 0 aromatic carbocycles. The van der Waals surface area contributed by atoms with Gasteiger partial charge in [-0.1, -0.05) is 120 Å². The fourth-order valence-corrected chi connectivity index (χ4v) is 29.0. The van der Waals surface area contributed by atoms with Crippen LogP contribution < -0.4 is 0 Å². The smallest absolute Gasteiger partial charge is 0.420 e. The summed E-state index contributed by atoms with van der Waals surface area (Å²) in [7, 11) is -7.96. The second kappa shape index (κ2) is 22.5. The van der Waals surface area contributed by atoms with Gasteiger partial charge in [-0.2, -0.15) is 0 Å². The molecule has 0 radical (unpaired) electrons. The van der Waals surface area contributed by atoms with Gasteiger partial charge in [0.2, 0.25) is 0 Å². The lowest BCUT2D eigenvalue weighted by atomic mass is 10.1. The van der Waals surface area contributed by atoms with Gasteiger partial charge in [-0.05, 0) is 80.0 Å². The largest absolute Gasteiger partial charge is 0.469 e. The molecule has 4 nitrogen and oxygen atoms in total. The topological polar surface area (TPSA) is 36.9 Å². The van der Waals surface area contributed by atoms with Crippen LogP contribution in [-0.2, 0) is 16.8 Å².